The van der Waals surface area contributed by atoms with E-state index < -0.39 is 12.1 Å². The Morgan fingerprint density at radius 2 is 1.89 bits per heavy atom. The molecule has 1 nitrogen and oxygen atoms in total. The first-order chi connectivity index (χ1) is 8.48. The van der Waals surface area contributed by atoms with Crippen molar-refractivity contribution in [2.24, 2.45) is 5.92 Å². The maximum atomic E-state index is 12.9. The lowest BCUT2D eigenvalue weighted by Crippen LogP contribution is -2.37. The van der Waals surface area contributed by atoms with Gasteiger partial charge in [0.2, 0.25) is 0 Å². The Balaban J connectivity index is 1.98. The monoisotopic (exact) mass is 257 g/mol. The Hall–Kier alpha value is -1.03. The second kappa shape index (κ2) is 5.31. The average molecular weight is 257 g/mol. The predicted octanol–water partition coefficient (Wildman–Crippen LogP) is 3.50. The van der Waals surface area contributed by atoms with E-state index in [2.05, 4.69) is 0 Å². The van der Waals surface area contributed by atoms with Crippen molar-refractivity contribution in [1.29, 1.82) is 0 Å². The van der Waals surface area contributed by atoms with Crippen molar-refractivity contribution in [3.8, 4) is 0 Å². The third-order valence-corrected chi connectivity index (χ3v) is 3.82. The van der Waals surface area contributed by atoms with Crippen LogP contribution >= 0.6 is 0 Å². The van der Waals surface area contributed by atoms with Crippen LogP contribution in [0.1, 0.15) is 18.4 Å². The molecular weight excluding hydrogens is 239 g/mol. The van der Waals surface area contributed by atoms with E-state index in [0.29, 0.717) is 19.4 Å². The van der Waals surface area contributed by atoms with Crippen LogP contribution in [0.25, 0.3) is 0 Å². The van der Waals surface area contributed by atoms with Crippen LogP contribution in [-0.4, -0.2) is 30.7 Å². The van der Waals surface area contributed by atoms with E-state index >= 15 is 0 Å². The fraction of sp³-hybridized carbons (Fsp3) is 0.571. The molecule has 0 aromatic heterocycles. The van der Waals surface area contributed by atoms with Crippen LogP contribution in [0.2, 0.25) is 0 Å². The number of benzene rings is 1. The van der Waals surface area contributed by atoms with Crippen LogP contribution in [0.3, 0.4) is 0 Å². The summed E-state index contributed by atoms with van der Waals surface area (Å²) in [7, 11) is 1.79. The molecule has 2 unspecified atom stereocenters. The number of aryl methyl sites for hydroxylation is 1. The molecule has 0 saturated carbocycles. The number of halogens is 3. The molecule has 0 N–H and O–H groups in total. The van der Waals surface area contributed by atoms with Gasteiger partial charge in [-0.2, -0.15) is 13.2 Å². The number of hydrogen-bond acceptors (Lipinski definition) is 1. The highest BCUT2D eigenvalue weighted by Crippen LogP contribution is 2.39. The number of nitrogens with zero attached hydrogens (tertiary/aromatic N) is 1. The van der Waals surface area contributed by atoms with Crippen molar-refractivity contribution in [3.05, 3.63) is 35.9 Å². The summed E-state index contributed by atoms with van der Waals surface area (Å²) in [5, 5.41) is 0. The van der Waals surface area contributed by atoms with Crippen LogP contribution in [0.4, 0.5) is 13.2 Å². The van der Waals surface area contributed by atoms with Gasteiger partial charge in [-0.05, 0) is 38.4 Å². The predicted molar refractivity (Wildman–Crippen MR) is 65.3 cm³/mol. The number of hydrogen-bond donors (Lipinski definition) is 0. The summed E-state index contributed by atoms with van der Waals surface area (Å²) < 4.78 is 38.6. The molecule has 0 bridgehead atoms. The Morgan fingerprint density at radius 3 is 2.50 bits per heavy atom. The highest BCUT2D eigenvalue weighted by Gasteiger charge is 2.48. The van der Waals surface area contributed by atoms with Crippen molar-refractivity contribution in [3.63, 3.8) is 0 Å². The van der Waals surface area contributed by atoms with E-state index in [1.165, 1.54) is 0 Å². The van der Waals surface area contributed by atoms with Crippen LogP contribution in [0, 0.1) is 5.92 Å². The van der Waals surface area contributed by atoms with Gasteiger partial charge in [-0.3, -0.25) is 0 Å². The van der Waals surface area contributed by atoms with Crippen LogP contribution in [0.15, 0.2) is 30.3 Å². The topological polar surface area (TPSA) is 3.24 Å². The van der Waals surface area contributed by atoms with Gasteiger partial charge in [-0.25, -0.2) is 0 Å². The Bertz CT molecular complexity index is 374. The first-order valence-electron chi connectivity index (χ1n) is 6.29. The molecule has 1 aliphatic heterocycles. The minimum atomic E-state index is -4.06. The second-order valence-corrected chi connectivity index (χ2v) is 5.01. The van der Waals surface area contributed by atoms with E-state index in [9.17, 15) is 13.2 Å². The summed E-state index contributed by atoms with van der Waals surface area (Å²) in [4.78, 5) is 1.85. The highest BCUT2D eigenvalue weighted by molar-refractivity contribution is 5.15. The van der Waals surface area contributed by atoms with E-state index in [-0.39, 0.29) is 12.5 Å². The molecule has 1 fully saturated rings. The lowest BCUT2D eigenvalue weighted by molar-refractivity contribution is -0.180. The summed E-state index contributed by atoms with van der Waals surface area (Å²) in [6, 6.07) is 9.34. The first kappa shape index (κ1) is 13.4. The molecule has 0 aliphatic carbocycles. The number of rotatable bonds is 3. The van der Waals surface area contributed by atoms with Gasteiger partial charge in [0.1, 0.15) is 0 Å². The minimum absolute atomic E-state index is 0.236. The third kappa shape index (κ3) is 3.05. The smallest absolute Gasteiger partial charge is 0.303 e. The van der Waals surface area contributed by atoms with Crippen molar-refractivity contribution in [2.75, 3.05) is 13.6 Å². The van der Waals surface area contributed by atoms with Crippen molar-refractivity contribution < 1.29 is 13.2 Å². The lowest BCUT2D eigenvalue weighted by Gasteiger charge is -2.26. The van der Waals surface area contributed by atoms with Gasteiger partial charge in [0, 0.05) is 6.04 Å². The van der Waals surface area contributed by atoms with Crippen LogP contribution < -0.4 is 0 Å². The second-order valence-electron chi connectivity index (χ2n) is 5.01. The van der Waals surface area contributed by atoms with Gasteiger partial charge in [-0.15, -0.1) is 0 Å². The zero-order valence-corrected chi connectivity index (χ0v) is 10.5. The van der Waals surface area contributed by atoms with Crippen molar-refractivity contribution in [1.82, 2.24) is 4.90 Å². The Morgan fingerprint density at radius 1 is 1.22 bits per heavy atom. The quantitative estimate of drug-likeness (QED) is 0.801. The molecule has 2 atom stereocenters. The fourth-order valence-electron chi connectivity index (χ4n) is 2.77. The molecule has 100 valence electrons. The van der Waals surface area contributed by atoms with Gasteiger partial charge < -0.3 is 4.90 Å². The van der Waals surface area contributed by atoms with E-state index in [4.69, 9.17) is 0 Å². The molecule has 4 heteroatoms. The number of likely N-dealkylation sites (tertiary alicyclic amines) is 1. The molecule has 1 saturated heterocycles. The summed E-state index contributed by atoms with van der Waals surface area (Å²) in [6.45, 7) is 0.545. The van der Waals surface area contributed by atoms with E-state index in [1.807, 2.05) is 35.2 Å². The van der Waals surface area contributed by atoms with Crippen LogP contribution in [0.5, 0.6) is 0 Å². The highest BCUT2D eigenvalue weighted by atomic mass is 19.4. The van der Waals surface area contributed by atoms with Gasteiger partial charge >= 0.3 is 6.18 Å². The molecule has 1 aliphatic rings. The average Bonchev–Trinajstić information content (AvgIpc) is 2.69. The van der Waals surface area contributed by atoms with E-state index in [0.717, 1.165) is 5.56 Å². The molecule has 0 radical (unpaired) electrons. The van der Waals surface area contributed by atoms with Gasteiger partial charge in [0.15, 0.2) is 0 Å². The maximum Gasteiger partial charge on any atom is 0.393 e. The van der Waals surface area contributed by atoms with Crippen molar-refractivity contribution >= 4 is 0 Å². The summed E-state index contributed by atoms with van der Waals surface area (Å²) in [5.41, 5.74) is 1.11. The maximum absolute atomic E-state index is 12.9. The molecule has 2 rings (SSSR count). The molecule has 0 spiro atoms. The lowest BCUT2D eigenvalue weighted by atomic mass is 9.94. The molecular formula is C14H18F3N. The normalized spacial score (nSPS) is 25.6. The molecule has 1 aromatic rings. The molecule has 18 heavy (non-hydrogen) atoms. The molecule has 0 amide bonds. The zero-order chi connectivity index (χ0) is 13.2. The minimum Gasteiger partial charge on any atom is -0.303 e. The Labute approximate surface area is 106 Å². The largest absolute Gasteiger partial charge is 0.393 e. The van der Waals surface area contributed by atoms with Gasteiger partial charge in [0.25, 0.3) is 0 Å². The fourth-order valence-corrected chi connectivity index (χ4v) is 2.77. The SMILES string of the molecule is CN1CCC(C(F)(F)F)C1CCc1ccccc1. The standard InChI is InChI=1S/C14H18F3N/c1-18-10-9-12(14(15,16)17)13(18)8-7-11-5-3-2-4-6-11/h2-6,12-13H,7-10H2,1H3. The molecule has 1 heterocycles. The number of alkyl halides is 3. The van der Waals surface area contributed by atoms with E-state index in [1.54, 1.807) is 7.05 Å². The Kier molecular flexibility index (Phi) is 3.95. The van der Waals surface area contributed by atoms with Gasteiger partial charge in [0.05, 0.1) is 5.92 Å². The van der Waals surface area contributed by atoms with Gasteiger partial charge in [-0.1, -0.05) is 30.3 Å². The first-order valence-corrected chi connectivity index (χ1v) is 6.29. The molecule has 1 aromatic carbocycles. The summed E-state index contributed by atoms with van der Waals surface area (Å²) >= 11 is 0. The van der Waals surface area contributed by atoms with Crippen molar-refractivity contribution in [2.45, 2.75) is 31.5 Å². The summed E-state index contributed by atoms with van der Waals surface area (Å²) in [6.07, 6.45) is -2.54. The summed E-state index contributed by atoms with van der Waals surface area (Å²) in [5.74, 6) is -1.16. The van der Waals surface area contributed by atoms with Crippen LogP contribution in [-0.2, 0) is 6.42 Å². The third-order valence-electron chi connectivity index (χ3n) is 3.82. The zero-order valence-electron chi connectivity index (χ0n) is 10.5.